The van der Waals surface area contributed by atoms with Gasteiger partial charge >= 0.3 is 0 Å². The van der Waals surface area contributed by atoms with Gasteiger partial charge in [0.05, 0.1) is 5.69 Å². The van der Waals surface area contributed by atoms with E-state index in [0.717, 1.165) is 5.56 Å². The first-order chi connectivity index (χ1) is 8.60. The molecule has 1 aromatic heterocycles. The smallest absolute Gasteiger partial charge is 0.145 e. The molecule has 0 fully saturated rings. The van der Waals surface area contributed by atoms with Gasteiger partial charge in [-0.05, 0) is 24.6 Å². The lowest BCUT2D eigenvalue weighted by Crippen LogP contribution is -2.06. The van der Waals surface area contributed by atoms with Crippen LogP contribution in [0.5, 0.6) is 0 Å². The van der Waals surface area contributed by atoms with Crippen molar-refractivity contribution in [3.8, 4) is 6.07 Å². The summed E-state index contributed by atoms with van der Waals surface area (Å²) in [7, 11) is 0. The fourth-order valence-electron chi connectivity index (χ4n) is 1.66. The second kappa shape index (κ2) is 4.80. The molecule has 0 saturated heterocycles. The molecule has 0 bridgehead atoms. The lowest BCUT2D eigenvalue weighted by molar-refractivity contribution is 0.627. The molecule has 90 valence electrons. The van der Waals surface area contributed by atoms with Gasteiger partial charge in [-0.25, -0.2) is 14.4 Å². The third-order valence-corrected chi connectivity index (χ3v) is 2.55. The van der Waals surface area contributed by atoms with Gasteiger partial charge in [-0.3, -0.25) is 0 Å². The minimum absolute atomic E-state index is 0.183. The number of aryl methyl sites for hydroxylation is 1. The molecular weight excluding hydrogens is 231 g/mol. The molecule has 0 radical (unpaired) electrons. The summed E-state index contributed by atoms with van der Waals surface area (Å²) >= 11 is 0. The molecule has 0 aliphatic carbocycles. The minimum Gasteiger partial charge on any atom is -0.382 e. The monoisotopic (exact) mass is 242 g/mol. The number of anilines is 1. The molecule has 2 aromatic rings. The zero-order chi connectivity index (χ0) is 13.1. The molecule has 5 heteroatoms. The number of rotatable bonds is 2. The van der Waals surface area contributed by atoms with E-state index >= 15 is 0 Å². The number of benzene rings is 1. The first-order valence-electron chi connectivity index (χ1n) is 5.37. The van der Waals surface area contributed by atoms with Crippen LogP contribution in [0, 0.1) is 24.1 Å². The number of aromatic nitrogens is 2. The Kier molecular flexibility index (Phi) is 3.20. The van der Waals surface area contributed by atoms with E-state index in [1.807, 2.05) is 6.07 Å². The van der Waals surface area contributed by atoms with Crippen LogP contribution in [0.2, 0.25) is 0 Å². The number of hydrogen-bond acceptors (Lipinski definition) is 4. The van der Waals surface area contributed by atoms with E-state index < -0.39 is 0 Å². The highest BCUT2D eigenvalue weighted by Gasteiger charge is 2.09. The van der Waals surface area contributed by atoms with Crippen molar-refractivity contribution in [1.82, 2.24) is 9.97 Å². The number of nitriles is 1. The number of nitrogen functional groups attached to an aromatic ring is 1. The molecule has 0 unspecified atom stereocenters. The van der Waals surface area contributed by atoms with Crippen molar-refractivity contribution in [1.29, 1.82) is 5.26 Å². The Morgan fingerprint density at radius 2 is 1.94 bits per heavy atom. The maximum Gasteiger partial charge on any atom is 0.145 e. The lowest BCUT2D eigenvalue weighted by atomic mass is 10.1. The van der Waals surface area contributed by atoms with Gasteiger partial charge in [0.25, 0.3) is 0 Å². The summed E-state index contributed by atoms with van der Waals surface area (Å²) in [5.41, 5.74) is 7.43. The van der Waals surface area contributed by atoms with E-state index in [9.17, 15) is 4.39 Å². The third kappa shape index (κ3) is 2.43. The van der Waals surface area contributed by atoms with Crippen molar-refractivity contribution in [2.24, 2.45) is 0 Å². The van der Waals surface area contributed by atoms with Gasteiger partial charge in [-0.1, -0.05) is 12.1 Å². The summed E-state index contributed by atoms with van der Waals surface area (Å²) in [5, 5.41) is 8.86. The van der Waals surface area contributed by atoms with Crippen molar-refractivity contribution in [2.75, 3.05) is 5.73 Å². The highest BCUT2D eigenvalue weighted by molar-refractivity contribution is 5.50. The molecule has 0 spiro atoms. The standard InChI is InChI=1S/C13H11FN4/c1-8-11(7-15)13(16)18-12(17-8)6-9-2-4-10(14)5-3-9/h2-5H,6H2,1H3,(H2,16,17,18). The summed E-state index contributed by atoms with van der Waals surface area (Å²) in [6.45, 7) is 1.71. The summed E-state index contributed by atoms with van der Waals surface area (Å²) in [5.74, 6) is 0.424. The summed E-state index contributed by atoms with van der Waals surface area (Å²) < 4.78 is 12.8. The normalized spacial score (nSPS) is 10.1. The van der Waals surface area contributed by atoms with Crippen LogP contribution in [0.4, 0.5) is 10.2 Å². The highest BCUT2D eigenvalue weighted by atomic mass is 19.1. The summed E-state index contributed by atoms with van der Waals surface area (Å²) in [4.78, 5) is 8.29. The van der Waals surface area contributed by atoms with Crippen LogP contribution in [-0.2, 0) is 6.42 Å². The van der Waals surface area contributed by atoms with Crippen LogP contribution in [-0.4, -0.2) is 9.97 Å². The van der Waals surface area contributed by atoms with Gasteiger partial charge in [-0.2, -0.15) is 5.26 Å². The summed E-state index contributed by atoms with van der Waals surface area (Å²) in [6.07, 6.45) is 0.455. The average Bonchev–Trinajstić information content (AvgIpc) is 2.32. The van der Waals surface area contributed by atoms with E-state index in [1.165, 1.54) is 12.1 Å². The van der Waals surface area contributed by atoms with Gasteiger partial charge in [0, 0.05) is 6.42 Å². The fourth-order valence-corrected chi connectivity index (χ4v) is 1.66. The predicted octanol–water partition coefficient (Wildman–Crippen LogP) is 1.97. The topological polar surface area (TPSA) is 75.6 Å². The minimum atomic E-state index is -0.282. The van der Waals surface area contributed by atoms with Crippen LogP contribution in [0.3, 0.4) is 0 Å². The van der Waals surface area contributed by atoms with Crippen molar-refractivity contribution in [3.05, 3.63) is 52.7 Å². The summed E-state index contributed by atoms with van der Waals surface area (Å²) in [6, 6.07) is 8.07. The number of halogens is 1. The van der Waals surface area contributed by atoms with Crippen LogP contribution >= 0.6 is 0 Å². The van der Waals surface area contributed by atoms with E-state index in [4.69, 9.17) is 11.0 Å². The lowest BCUT2D eigenvalue weighted by Gasteiger charge is -2.05. The molecule has 0 aliphatic rings. The Bertz CT molecular complexity index is 591. The maximum absolute atomic E-state index is 12.8. The van der Waals surface area contributed by atoms with E-state index in [0.29, 0.717) is 23.5 Å². The van der Waals surface area contributed by atoms with Gasteiger partial charge in [-0.15, -0.1) is 0 Å². The molecule has 0 amide bonds. The van der Waals surface area contributed by atoms with Gasteiger partial charge in [0.15, 0.2) is 0 Å². The molecule has 2 rings (SSSR count). The zero-order valence-corrected chi connectivity index (χ0v) is 9.81. The quantitative estimate of drug-likeness (QED) is 0.873. The second-order valence-corrected chi connectivity index (χ2v) is 3.90. The van der Waals surface area contributed by atoms with Crippen LogP contribution in [0.15, 0.2) is 24.3 Å². The van der Waals surface area contributed by atoms with Crippen LogP contribution in [0.25, 0.3) is 0 Å². The van der Waals surface area contributed by atoms with Crippen molar-refractivity contribution in [3.63, 3.8) is 0 Å². The molecule has 18 heavy (non-hydrogen) atoms. The van der Waals surface area contributed by atoms with E-state index in [-0.39, 0.29) is 11.6 Å². The Morgan fingerprint density at radius 1 is 1.28 bits per heavy atom. The van der Waals surface area contributed by atoms with E-state index in [2.05, 4.69) is 9.97 Å². The number of hydrogen-bond donors (Lipinski definition) is 1. The SMILES string of the molecule is Cc1nc(Cc2ccc(F)cc2)nc(N)c1C#N. The fraction of sp³-hybridized carbons (Fsp3) is 0.154. The highest BCUT2D eigenvalue weighted by Crippen LogP contribution is 2.14. The molecule has 0 aliphatic heterocycles. The predicted molar refractivity (Wildman–Crippen MR) is 65.1 cm³/mol. The van der Waals surface area contributed by atoms with Crippen LogP contribution < -0.4 is 5.73 Å². The third-order valence-electron chi connectivity index (χ3n) is 2.55. The zero-order valence-electron chi connectivity index (χ0n) is 9.81. The Labute approximate surface area is 104 Å². The Balaban J connectivity index is 2.31. The Morgan fingerprint density at radius 3 is 2.50 bits per heavy atom. The van der Waals surface area contributed by atoms with Crippen molar-refractivity contribution < 1.29 is 4.39 Å². The largest absolute Gasteiger partial charge is 0.382 e. The first-order valence-corrected chi connectivity index (χ1v) is 5.37. The van der Waals surface area contributed by atoms with Crippen molar-refractivity contribution in [2.45, 2.75) is 13.3 Å². The molecule has 0 atom stereocenters. The molecule has 4 nitrogen and oxygen atoms in total. The van der Waals surface area contributed by atoms with Gasteiger partial charge < -0.3 is 5.73 Å². The molecule has 1 aromatic carbocycles. The molecular formula is C13H11FN4. The number of nitrogens with zero attached hydrogens (tertiary/aromatic N) is 3. The molecule has 0 saturated carbocycles. The van der Waals surface area contributed by atoms with Crippen molar-refractivity contribution >= 4 is 5.82 Å². The molecule has 2 N–H and O–H groups in total. The number of nitrogens with two attached hydrogens (primary N) is 1. The van der Waals surface area contributed by atoms with E-state index in [1.54, 1.807) is 19.1 Å². The Hall–Kier alpha value is -2.48. The first kappa shape index (κ1) is 12.0. The van der Waals surface area contributed by atoms with Crippen LogP contribution in [0.1, 0.15) is 22.6 Å². The second-order valence-electron chi connectivity index (χ2n) is 3.90. The van der Waals surface area contributed by atoms with Gasteiger partial charge in [0.1, 0.15) is 29.1 Å². The van der Waals surface area contributed by atoms with Gasteiger partial charge in [0.2, 0.25) is 0 Å². The average molecular weight is 242 g/mol. The molecule has 1 heterocycles. The maximum atomic E-state index is 12.8.